The van der Waals surface area contributed by atoms with Gasteiger partial charge in [-0.2, -0.15) is 0 Å². The number of hydrogen-bond donors (Lipinski definition) is 0. The first-order valence-electron chi connectivity index (χ1n) is 0. The van der Waals surface area contributed by atoms with Crippen molar-refractivity contribution < 1.29 is 17.1 Å². The molecule has 0 heterocycles. The zero-order valence-corrected chi connectivity index (χ0v) is 7.45. The molecule has 4 heavy (non-hydrogen) atoms. The van der Waals surface area contributed by atoms with Crippen LogP contribution in [0.3, 0.4) is 0 Å². The molecule has 0 aliphatic heterocycles. The average molecular weight is 404 g/mol. The molecule has 0 N–H and O–H groups in total. The summed E-state index contributed by atoms with van der Waals surface area (Å²) >= 11 is 0. The van der Waals surface area contributed by atoms with Crippen LogP contribution in [0.1, 0.15) is 0 Å². The van der Waals surface area contributed by atoms with Crippen molar-refractivity contribution in [1.29, 1.82) is 0 Å². The molecule has 0 bridgehead atoms. The Hall–Kier alpha value is 4.18. The molecule has 25 valence electrons. The second-order valence-electron chi connectivity index (χ2n) is 0. The molecule has 0 saturated carbocycles. The molecule has 4 heteroatoms. The molecule has 0 atom stereocenters. The van der Waals surface area contributed by atoms with Gasteiger partial charge in [0.25, 0.3) is 0 Å². The first-order valence-corrected chi connectivity index (χ1v) is 0. The number of hydrogen-bond acceptors (Lipinski definition) is 0. The van der Waals surface area contributed by atoms with Gasteiger partial charge in [-0.05, 0) is 0 Å². The molecule has 0 aromatic rings. The van der Waals surface area contributed by atoms with Crippen LogP contribution in [0.4, 0.5) is 0 Å². The van der Waals surface area contributed by atoms with Crippen LogP contribution >= 0.6 is 0 Å². The summed E-state index contributed by atoms with van der Waals surface area (Å²) in [5.41, 5.74) is 0. The van der Waals surface area contributed by atoms with Crippen molar-refractivity contribution in [1.82, 2.24) is 0 Å². The van der Waals surface area contributed by atoms with Gasteiger partial charge in [-0.15, -0.1) is 0 Å². The predicted octanol–water partition coefficient (Wildman–Crippen LogP) is -2.75. The van der Waals surface area contributed by atoms with Gasteiger partial charge in [0.05, 0.1) is 0 Å². The van der Waals surface area contributed by atoms with E-state index in [0.717, 1.165) is 0 Å². The fraction of sp³-hybridized carbons (Fsp3) is 0. The predicted molar refractivity (Wildman–Crippen MR) is 25.6 cm³/mol. The molecule has 0 spiro atoms. The minimum absolute atomic E-state index is 0. The Balaban J connectivity index is 0. The Bertz CT molecular complexity index is 8.00. The van der Waals surface area contributed by atoms with Crippen LogP contribution in [0.5, 0.6) is 0 Å². The SMILES string of the molecule is [CaH2].[Cu].[PbH2].[SrH2]. The topological polar surface area (TPSA) is 0 Å². The van der Waals surface area contributed by atoms with Crippen molar-refractivity contribution in [2.24, 2.45) is 0 Å². The standard InChI is InChI=1S/Ca.Cu.Pb.Sr.6H. The second-order valence-corrected chi connectivity index (χ2v) is 0. The van der Waals surface area contributed by atoms with E-state index in [2.05, 4.69) is 0 Å². The third-order valence-corrected chi connectivity index (χ3v) is 0. The maximum absolute atomic E-state index is 0. The molecule has 0 aromatic carbocycles. The van der Waals surface area contributed by atoms with Crippen molar-refractivity contribution in [3.63, 3.8) is 0 Å². The molecule has 0 aliphatic rings. The summed E-state index contributed by atoms with van der Waals surface area (Å²) in [4.78, 5) is 0. The van der Waals surface area contributed by atoms with Crippen LogP contribution in [0.25, 0.3) is 0 Å². The second kappa shape index (κ2) is 15.7. The van der Waals surface area contributed by atoms with Gasteiger partial charge in [-0.25, -0.2) is 0 Å². The Morgan fingerprint density at radius 2 is 1.00 bits per heavy atom. The van der Waals surface area contributed by atoms with E-state index < -0.39 is 0 Å². The minimum atomic E-state index is 0. The third kappa shape index (κ3) is 9.49. The molecule has 0 rings (SSSR count). The van der Waals surface area contributed by atoms with Gasteiger partial charge in [-0.1, -0.05) is 0 Å². The first-order chi connectivity index (χ1) is 0. The van der Waals surface area contributed by atoms with Crippen LogP contribution < -0.4 is 0 Å². The van der Waals surface area contributed by atoms with E-state index in [0.29, 0.717) is 0 Å². The van der Waals surface area contributed by atoms with Crippen molar-refractivity contribution in [3.8, 4) is 0 Å². The van der Waals surface area contributed by atoms with Crippen LogP contribution in [-0.4, -0.2) is 111 Å². The zero-order valence-electron chi connectivity index (χ0n) is 1.01. The van der Waals surface area contributed by atoms with E-state index in [1.165, 1.54) is 0 Å². The Kier molecular flexibility index (Phi) is 94.7. The van der Waals surface area contributed by atoms with Crippen LogP contribution in [-0.2, 0) is 17.1 Å². The molecular weight excluding hydrogens is 398 g/mol. The Morgan fingerprint density at radius 3 is 1.00 bits per heavy atom. The van der Waals surface area contributed by atoms with E-state index in [9.17, 15) is 0 Å². The fourth-order valence-electron chi connectivity index (χ4n) is 0. The molecule has 0 nitrogen and oxygen atoms in total. The van der Waals surface area contributed by atoms with E-state index >= 15 is 0 Å². The van der Waals surface area contributed by atoms with Gasteiger partial charge in [0, 0.05) is 17.1 Å². The van der Waals surface area contributed by atoms with Crippen LogP contribution in [0, 0.1) is 0 Å². The van der Waals surface area contributed by atoms with Gasteiger partial charge in [0.2, 0.25) is 0 Å². The maximum atomic E-state index is 0. The molecule has 0 aromatic heterocycles. The molecule has 0 amide bonds. The first kappa shape index (κ1) is 24.1. The van der Waals surface area contributed by atoms with Crippen molar-refractivity contribution in [3.05, 3.63) is 0 Å². The molecular formula is H6CaCuPbSr. The van der Waals surface area contributed by atoms with E-state index in [-0.39, 0.29) is 128 Å². The van der Waals surface area contributed by atoms with Gasteiger partial charge in [0.15, 0.2) is 0 Å². The molecule has 0 fully saturated rings. The molecule has 3 radical (unpaired) electrons. The quantitative estimate of drug-likeness (QED) is 0.384. The molecule has 0 saturated heterocycles. The summed E-state index contributed by atoms with van der Waals surface area (Å²) in [5, 5.41) is 0. The number of rotatable bonds is 0. The normalized spacial score (nSPS) is 0. The van der Waals surface area contributed by atoms with E-state index in [1.807, 2.05) is 0 Å². The third-order valence-electron chi connectivity index (χ3n) is 0. The van der Waals surface area contributed by atoms with Gasteiger partial charge in [0.1, 0.15) is 0 Å². The van der Waals surface area contributed by atoms with Crippen molar-refractivity contribution in [2.45, 2.75) is 0 Å². The van der Waals surface area contributed by atoms with E-state index in [4.69, 9.17) is 0 Å². The van der Waals surface area contributed by atoms with Gasteiger partial charge in [-0.3, -0.25) is 0 Å². The Labute approximate surface area is 124 Å². The van der Waals surface area contributed by atoms with Crippen LogP contribution in [0.15, 0.2) is 0 Å². The summed E-state index contributed by atoms with van der Waals surface area (Å²) in [6.07, 6.45) is 0. The fourth-order valence-corrected chi connectivity index (χ4v) is 0. The monoisotopic (exact) mass is 405 g/mol. The molecule has 0 unspecified atom stereocenters. The molecule has 0 aliphatic carbocycles. The summed E-state index contributed by atoms with van der Waals surface area (Å²) < 4.78 is 0. The summed E-state index contributed by atoms with van der Waals surface area (Å²) in [7, 11) is 0. The summed E-state index contributed by atoms with van der Waals surface area (Å²) in [6, 6.07) is 0. The summed E-state index contributed by atoms with van der Waals surface area (Å²) in [6.45, 7) is 0. The van der Waals surface area contributed by atoms with Gasteiger partial charge < -0.3 is 0 Å². The summed E-state index contributed by atoms with van der Waals surface area (Å²) in [5.74, 6) is 0. The van der Waals surface area contributed by atoms with Crippen molar-refractivity contribution >= 4 is 111 Å². The van der Waals surface area contributed by atoms with Gasteiger partial charge >= 0.3 is 111 Å². The zero-order chi connectivity index (χ0) is 0. The van der Waals surface area contributed by atoms with E-state index in [1.54, 1.807) is 0 Å². The average Bonchev–Trinajstić information content (AvgIpc) is 0. The van der Waals surface area contributed by atoms with Crippen LogP contribution in [0.2, 0.25) is 0 Å². The Morgan fingerprint density at radius 1 is 1.00 bits per heavy atom. The van der Waals surface area contributed by atoms with Crippen molar-refractivity contribution in [2.75, 3.05) is 0 Å².